The number of methoxy groups -OCH3 is 1. The van der Waals surface area contributed by atoms with Gasteiger partial charge in [0.05, 0.1) is 13.2 Å². The Balaban J connectivity index is 2.41. The number of carbonyl (C=O) groups is 1. The van der Waals surface area contributed by atoms with Crippen molar-refractivity contribution in [1.29, 1.82) is 0 Å². The third kappa shape index (κ3) is 4.13. The quantitative estimate of drug-likeness (QED) is 0.816. The van der Waals surface area contributed by atoms with Crippen molar-refractivity contribution in [1.82, 2.24) is 9.21 Å². The summed E-state index contributed by atoms with van der Waals surface area (Å²) in [5.41, 5.74) is 0.278. The summed E-state index contributed by atoms with van der Waals surface area (Å²) in [4.78, 5) is 14.2. The molecular formula is C17H26N2O5S. The first-order valence-corrected chi connectivity index (χ1v) is 9.94. The van der Waals surface area contributed by atoms with Crippen LogP contribution in [0.25, 0.3) is 0 Å². The Bertz CT molecular complexity index is 716. The molecule has 1 heterocycles. The zero-order valence-corrected chi connectivity index (χ0v) is 15.8. The Kier molecular flexibility index (Phi) is 6.42. The molecule has 1 aromatic carbocycles. The van der Waals surface area contributed by atoms with E-state index in [-0.39, 0.29) is 28.7 Å². The first-order chi connectivity index (χ1) is 11.8. The van der Waals surface area contributed by atoms with Crippen LogP contribution in [-0.2, 0) is 10.0 Å². The molecule has 1 aliphatic rings. The second kappa shape index (κ2) is 8.16. The van der Waals surface area contributed by atoms with Crippen LogP contribution in [0.15, 0.2) is 23.1 Å². The Morgan fingerprint density at radius 1 is 1.36 bits per heavy atom. The van der Waals surface area contributed by atoms with Crippen molar-refractivity contribution in [2.24, 2.45) is 0 Å². The third-order valence-corrected chi connectivity index (χ3v) is 6.49. The number of ether oxygens (including phenoxy) is 1. The Labute approximate surface area is 149 Å². The monoisotopic (exact) mass is 370 g/mol. The standard InChI is InChI=1S/C17H26N2O5S/c1-4-19(5-2)25(22,23)16-11-13(8-9-15(16)24-3)17(21)18-10-6-7-14(20)12-18/h8-9,11,14,20H,4-7,10,12H2,1-3H3/t14-/m0/s1. The van der Waals surface area contributed by atoms with Crippen molar-refractivity contribution in [3.05, 3.63) is 23.8 Å². The summed E-state index contributed by atoms with van der Waals surface area (Å²) < 4.78 is 32.2. The van der Waals surface area contributed by atoms with E-state index in [1.807, 2.05) is 0 Å². The summed E-state index contributed by atoms with van der Waals surface area (Å²) in [7, 11) is -2.35. The van der Waals surface area contributed by atoms with Gasteiger partial charge in [-0.25, -0.2) is 8.42 Å². The highest BCUT2D eigenvalue weighted by molar-refractivity contribution is 7.89. The van der Waals surface area contributed by atoms with Gasteiger partial charge in [0.25, 0.3) is 5.91 Å². The maximum atomic E-state index is 12.9. The molecule has 2 rings (SSSR count). The Morgan fingerprint density at radius 2 is 2.04 bits per heavy atom. The number of aliphatic hydroxyl groups is 1. The summed E-state index contributed by atoms with van der Waals surface area (Å²) in [6.07, 6.45) is 0.872. The number of hydrogen-bond acceptors (Lipinski definition) is 5. The minimum absolute atomic E-state index is 0.0119. The molecule has 140 valence electrons. The Morgan fingerprint density at radius 3 is 2.60 bits per heavy atom. The zero-order valence-electron chi connectivity index (χ0n) is 14.9. The number of piperidine rings is 1. The second-order valence-corrected chi connectivity index (χ2v) is 7.91. The van der Waals surface area contributed by atoms with Gasteiger partial charge in [0.1, 0.15) is 10.6 Å². The molecule has 1 fully saturated rings. The summed E-state index contributed by atoms with van der Waals surface area (Å²) in [5.74, 6) is -0.0699. The largest absolute Gasteiger partial charge is 0.495 e. The fourth-order valence-corrected chi connectivity index (χ4v) is 4.68. The normalized spacial score (nSPS) is 18.4. The minimum atomic E-state index is -3.75. The number of β-amino-alcohol motifs (C(OH)–C–C–N with tert-alkyl or cyclic N) is 1. The van der Waals surface area contributed by atoms with E-state index in [0.717, 1.165) is 6.42 Å². The molecule has 0 saturated carbocycles. The highest BCUT2D eigenvalue weighted by Crippen LogP contribution is 2.28. The molecule has 1 atom stereocenters. The van der Waals surface area contributed by atoms with Gasteiger partial charge in [0.2, 0.25) is 10.0 Å². The van der Waals surface area contributed by atoms with Crippen LogP contribution in [-0.4, -0.2) is 68.0 Å². The lowest BCUT2D eigenvalue weighted by Crippen LogP contribution is -2.42. The highest BCUT2D eigenvalue weighted by atomic mass is 32.2. The fraction of sp³-hybridized carbons (Fsp3) is 0.588. The molecule has 0 aromatic heterocycles. The van der Waals surface area contributed by atoms with E-state index in [0.29, 0.717) is 26.1 Å². The smallest absolute Gasteiger partial charge is 0.253 e. The summed E-state index contributed by atoms with van der Waals surface area (Å²) >= 11 is 0. The molecule has 7 nitrogen and oxygen atoms in total. The number of hydrogen-bond donors (Lipinski definition) is 1. The summed E-state index contributed by atoms with van der Waals surface area (Å²) in [5, 5.41) is 9.76. The topological polar surface area (TPSA) is 87.2 Å². The molecule has 1 aliphatic heterocycles. The number of amides is 1. The minimum Gasteiger partial charge on any atom is -0.495 e. The van der Waals surface area contributed by atoms with E-state index < -0.39 is 16.1 Å². The first kappa shape index (κ1) is 19.7. The van der Waals surface area contributed by atoms with Gasteiger partial charge in [-0.1, -0.05) is 13.8 Å². The number of likely N-dealkylation sites (tertiary alicyclic amines) is 1. The second-order valence-electron chi connectivity index (χ2n) is 6.00. The molecule has 25 heavy (non-hydrogen) atoms. The van der Waals surface area contributed by atoms with Gasteiger partial charge in [0.15, 0.2) is 0 Å². The molecule has 0 radical (unpaired) electrons. The molecule has 1 saturated heterocycles. The van der Waals surface area contributed by atoms with Crippen molar-refractivity contribution in [3.63, 3.8) is 0 Å². The van der Waals surface area contributed by atoms with Gasteiger partial charge in [-0.3, -0.25) is 4.79 Å². The summed E-state index contributed by atoms with van der Waals surface area (Å²) in [6, 6.07) is 4.43. The molecule has 1 amide bonds. The van der Waals surface area contributed by atoms with Crippen LogP contribution < -0.4 is 4.74 Å². The lowest BCUT2D eigenvalue weighted by Gasteiger charge is -2.30. The highest BCUT2D eigenvalue weighted by Gasteiger charge is 2.29. The van der Waals surface area contributed by atoms with Crippen molar-refractivity contribution >= 4 is 15.9 Å². The predicted octanol–water partition coefficient (Wildman–Crippen LogP) is 1.32. The number of rotatable bonds is 6. The number of sulfonamides is 1. The maximum Gasteiger partial charge on any atom is 0.253 e. The van der Waals surface area contributed by atoms with Crippen molar-refractivity contribution in [3.8, 4) is 5.75 Å². The number of aliphatic hydroxyl groups excluding tert-OH is 1. The van der Waals surface area contributed by atoms with Crippen LogP contribution in [0.2, 0.25) is 0 Å². The van der Waals surface area contributed by atoms with Crippen molar-refractivity contribution < 1.29 is 23.1 Å². The average molecular weight is 370 g/mol. The molecule has 0 bridgehead atoms. The van der Waals surface area contributed by atoms with Crippen LogP contribution in [0.1, 0.15) is 37.0 Å². The average Bonchev–Trinajstić information content (AvgIpc) is 2.61. The third-order valence-electron chi connectivity index (χ3n) is 4.42. The number of benzene rings is 1. The van der Waals surface area contributed by atoms with E-state index in [1.165, 1.54) is 23.5 Å². The molecule has 8 heteroatoms. The predicted molar refractivity (Wildman–Crippen MR) is 94.2 cm³/mol. The SMILES string of the molecule is CCN(CC)S(=O)(=O)c1cc(C(=O)N2CCC[C@H](O)C2)ccc1OC. The van der Waals surface area contributed by atoms with Gasteiger partial charge >= 0.3 is 0 Å². The molecule has 0 aliphatic carbocycles. The fourth-order valence-electron chi connectivity index (χ4n) is 3.04. The van der Waals surface area contributed by atoms with E-state index in [4.69, 9.17) is 4.74 Å². The molecular weight excluding hydrogens is 344 g/mol. The van der Waals surface area contributed by atoms with Gasteiger partial charge in [0, 0.05) is 31.7 Å². The van der Waals surface area contributed by atoms with Crippen LogP contribution in [0.5, 0.6) is 5.75 Å². The first-order valence-electron chi connectivity index (χ1n) is 8.50. The van der Waals surface area contributed by atoms with E-state index in [1.54, 1.807) is 24.8 Å². The Hall–Kier alpha value is -1.64. The van der Waals surface area contributed by atoms with E-state index in [2.05, 4.69) is 0 Å². The molecule has 1 N–H and O–H groups in total. The van der Waals surface area contributed by atoms with Crippen LogP contribution in [0, 0.1) is 0 Å². The van der Waals surface area contributed by atoms with Gasteiger partial charge in [-0.2, -0.15) is 4.31 Å². The maximum absolute atomic E-state index is 12.9. The molecule has 0 unspecified atom stereocenters. The van der Waals surface area contributed by atoms with Gasteiger partial charge < -0.3 is 14.7 Å². The lowest BCUT2D eigenvalue weighted by molar-refractivity contribution is 0.0473. The lowest BCUT2D eigenvalue weighted by atomic mass is 10.1. The van der Waals surface area contributed by atoms with Crippen LogP contribution in [0.4, 0.5) is 0 Å². The molecule has 1 aromatic rings. The summed E-state index contributed by atoms with van der Waals surface area (Å²) in [6.45, 7) is 5.01. The van der Waals surface area contributed by atoms with Crippen molar-refractivity contribution in [2.75, 3.05) is 33.3 Å². The van der Waals surface area contributed by atoms with Gasteiger partial charge in [-0.15, -0.1) is 0 Å². The van der Waals surface area contributed by atoms with Crippen molar-refractivity contribution in [2.45, 2.75) is 37.7 Å². The zero-order chi connectivity index (χ0) is 18.6. The number of nitrogens with zero attached hydrogens (tertiary/aromatic N) is 2. The van der Waals surface area contributed by atoms with E-state index in [9.17, 15) is 18.3 Å². The van der Waals surface area contributed by atoms with E-state index >= 15 is 0 Å². The van der Waals surface area contributed by atoms with Crippen LogP contribution >= 0.6 is 0 Å². The number of carbonyl (C=O) groups excluding carboxylic acids is 1. The van der Waals surface area contributed by atoms with Gasteiger partial charge in [-0.05, 0) is 31.0 Å². The molecule has 0 spiro atoms. The van der Waals surface area contributed by atoms with Crippen LogP contribution in [0.3, 0.4) is 0 Å².